The molecule has 0 aliphatic heterocycles. The number of Topliss-reactive ketones (excluding diaryl/α,β-unsaturated/α-hetero) is 1. The summed E-state index contributed by atoms with van der Waals surface area (Å²) in [5.74, 6) is 1.74. The molecule has 3 aromatic rings. The van der Waals surface area contributed by atoms with Crippen molar-refractivity contribution >= 4 is 17.0 Å². The van der Waals surface area contributed by atoms with Crippen LogP contribution >= 0.6 is 0 Å². The number of rotatable bonds is 16. The number of ketones is 1. The van der Waals surface area contributed by atoms with Gasteiger partial charge in [-0.15, -0.1) is 0 Å². The predicted molar refractivity (Wildman–Crippen MR) is 242 cm³/mol. The highest BCUT2D eigenvalue weighted by atomic mass is 16.1. The van der Waals surface area contributed by atoms with E-state index in [1.165, 1.54) is 48.9 Å². The average Bonchev–Trinajstić information content (AvgIpc) is 3.56. The van der Waals surface area contributed by atoms with Gasteiger partial charge in [0.25, 0.3) is 0 Å². The Balaban J connectivity index is -0.00000275. The number of nitrogens with zero attached hydrogens (tertiary/aromatic N) is 3. The fraction of sp³-hybridized carbons (Fsp3) is 0.592. The number of unbranched alkanes of at least 4 members (excludes halogenated alkanes) is 1. The van der Waals surface area contributed by atoms with Crippen molar-refractivity contribution in [2.75, 3.05) is 18.0 Å². The Kier molecular flexibility index (Phi) is 29.3. The molecule has 3 unspecified atom stereocenters. The standard InChI is InChI=1S/C41H57N3O.3C2H6.2CH4.H2/c1-7-11-28-44(27-9-3)37-22-16-32(17-23-37)15-13-31(5)14-24-38-33(10-4)30-41(45)39(29-36(38)12-8-2)34-18-20-35(21-19-34)40-25-26-42-43(40)6;3*1-2;;;/h12,16-23,25-26,29,31,33,38H,7-11,13-15,24,27-28,30H2,1-6H3;3*1-2H3;2*1H4;1H/b36-12-;;;;;;. The number of hydrogen-bond acceptors (Lipinski definition) is 3. The van der Waals surface area contributed by atoms with Gasteiger partial charge in [0.15, 0.2) is 5.78 Å². The number of carbonyl (C=O) groups is 1. The Labute approximate surface area is 331 Å². The summed E-state index contributed by atoms with van der Waals surface area (Å²) in [5, 5.41) is 4.31. The smallest absolute Gasteiger partial charge is 0.163 e. The molecule has 0 bridgehead atoms. The molecule has 1 aromatic heterocycles. The lowest BCUT2D eigenvalue weighted by molar-refractivity contribution is -0.114. The van der Waals surface area contributed by atoms with Crippen molar-refractivity contribution in [3.63, 3.8) is 0 Å². The van der Waals surface area contributed by atoms with Gasteiger partial charge >= 0.3 is 0 Å². The first-order chi connectivity index (χ1) is 24.9. The molecule has 0 N–H and O–H groups in total. The quantitative estimate of drug-likeness (QED) is 0.147. The van der Waals surface area contributed by atoms with E-state index in [4.69, 9.17) is 0 Å². The topological polar surface area (TPSA) is 38.1 Å². The average molecular weight is 732 g/mol. The maximum atomic E-state index is 13.7. The van der Waals surface area contributed by atoms with Gasteiger partial charge in [-0.25, -0.2) is 0 Å². The largest absolute Gasteiger partial charge is 0.372 e. The Morgan fingerprint density at radius 2 is 1.47 bits per heavy atom. The van der Waals surface area contributed by atoms with Crippen LogP contribution in [0.3, 0.4) is 0 Å². The molecule has 53 heavy (non-hydrogen) atoms. The molecule has 3 atom stereocenters. The summed E-state index contributed by atoms with van der Waals surface area (Å²) >= 11 is 0. The second-order valence-corrected chi connectivity index (χ2v) is 13.2. The molecular weight excluding hydrogens is 647 g/mol. The summed E-state index contributed by atoms with van der Waals surface area (Å²) in [4.78, 5) is 16.2. The summed E-state index contributed by atoms with van der Waals surface area (Å²) in [6.07, 6.45) is 17.4. The van der Waals surface area contributed by atoms with E-state index in [0.717, 1.165) is 61.2 Å². The van der Waals surface area contributed by atoms with E-state index in [1.54, 1.807) is 0 Å². The Morgan fingerprint density at radius 1 is 0.849 bits per heavy atom. The number of carbonyl (C=O) groups excluding carboxylic acids is 1. The Bertz CT molecular complexity index is 1400. The van der Waals surface area contributed by atoms with Crippen LogP contribution in [0.15, 0.2) is 78.5 Å². The minimum Gasteiger partial charge on any atom is -0.372 e. The number of allylic oxidation sites excluding steroid dienone is 4. The molecule has 1 aliphatic rings. The molecule has 1 aliphatic carbocycles. The minimum atomic E-state index is 0. The first-order valence-electron chi connectivity index (χ1n) is 20.8. The molecule has 0 fully saturated rings. The van der Waals surface area contributed by atoms with E-state index in [2.05, 4.69) is 105 Å². The van der Waals surface area contributed by atoms with Gasteiger partial charge in [0.05, 0.1) is 5.69 Å². The lowest BCUT2D eigenvalue weighted by Gasteiger charge is -2.27. The summed E-state index contributed by atoms with van der Waals surface area (Å²) in [6.45, 7) is 25.7. The molecule has 2 aromatic carbocycles. The number of benzene rings is 2. The van der Waals surface area contributed by atoms with E-state index >= 15 is 0 Å². The molecule has 0 amide bonds. The third-order valence-corrected chi connectivity index (χ3v) is 9.81. The van der Waals surface area contributed by atoms with Gasteiger partial charge < -0.3 is 4.90 Å². The van der Waals surface area contributed by atoms with E-state index in [9.17, 15) is 4.79 Å². The molecule has 0 spiro atoms. The molecular formula is C49H85N3O. The van der Waals surface area contributed by atoms with Crippen molar-refractivity contribution in [2.24, 2.45) is 24.8 Å². The van der Waals surface area contributed by atoms with E-state index in [1.807, 2.05) is 65.5 Å². The Hall–Kier alpha value is -3.40. The van der Waals surface area contributed by atoms with Gasteiger partial charge in [0.1, 0.15) is 0 Å². The van der Waals surface area contributed by atoms with Crippen LogP contribution in [0.5, 0.6) is 0 Å². The molecule has 0 radical (unpaired) electrons. The van der Waals surface area contributed by atoms with Crippen molar-refractivity contribution < 1.29 is 6.22 Å². The molecule has 302 valence electrons. The van der Waals surface area contributed by atoms with Crippen molar-refractivity contribution in [2.45, 2.75) is 155 Å². The highest BCUT2D eigenvalue weighted by Gasteiger charge is 2.30. The molecule has 4 nitrogen and oxygen atoms in total. The van der Waals surface area contributed by atoms with Crippen LogP contribution in [0.2, 0.25) is 0 Å². The molecule has 0 saturated heterocycles. The van der Waals surface area contributed by atoms with Gasteiger partial charge in [-0.3, -0.25) is 9.48 Å². The van der Waals surface area contributed by atoms with E-state index in [-0.39, 0.29) is 22.1 Å². The van der Waals surface area contributed by atoms with Crippen molar-refractivity contribution in [3.05, 3.63) is 89.6 Å². The summed E-state index contributed by atoms with van der Waals surface area (Å²) < 4.78 is 1.89. The SMILES string of the molecule is C.C.CC.CC.CC.CC/C=C1/C=C(c2ccc(-c3ccnn3C)cc2)C(=O)CC(CC)C1CCC(C)CCc1ccc(N(CCC)CCCC)cc1.[HH]. The van der Waals surface area contributed by atoms with Crippen LogP contribution in [-0.4, -0.2) is 28.7 Å². The van der Waals surface area contributed by atoms with Crippen LogP contribution in [0.1, 0.15) is 161 Å². The zero-order valence-electron chi connectivity index (χ0n) is 34.9. The normalized spacial score (nSPS) is 16.1. The van der Waals surface area contributed by atoms with Crippen LogP contribution in [-0.2, 0) is 18.3 Å². The number of aryl methyl sites for hydroxylation is 2. The number of anilines is 1. The molecule has 0 saturated carbocycles. The van der Waals surface area contributed by atoms with Gasteiger partial charge in [0, 0.05) is 45.4 Å². The fourth-order valence-electron chi connectivity index (χ4n) is 7.00. The van der Waals surface area contributed by atoms with E-state index < -0.39 is 0 Å². The van der Waals surface area contributed by atoms with Crippen LogP contribution in [0.25, 0.3) is 16.8 Å². The first-order valence-corrected chi connectivity index (χ1v) is 20.8. The highest BCUT2D eigenvalue weighted by Crippen LogP contribution is 2.39. The van der Waals surface area contributed by atoms with Gasteiger partial charge in [-0.2, -0.15) is 5.10 Å². The second-order valence-electron chi connectivity index (χ2n) is 13.2. The maximum Gasteiger partial charge on any atom is 0.163 e. The zero-order chi connectivity index (χ0) is 38.2. The third kappa shape index (κ3) is 16.2. The third-order valence-electron chi connectivity index (χ3n) is 9.81. The van der Waals surface area contributed by atoms with Gasteiger partial charge in [-0.05, 0) is 103 Å². The number of hydrogen-bond donors (Lipinski definition) is 0. The van der Waals surface area contributed by atoms with Crippen molar-refractivity contribution in [1.82, 2.24) is 9.78 Å². The Morgan fingerprint density at radius 3 is 2.00 bits per heavy atom. The monoisotopic (exact) mass is 732 g/mol. The highest BCUT2D eigenvalue weighted by molar-refractivity contribution is 6.21. The van der Waals surface area contributed by atoms with E-state index in [0.29, 0.717) is 24.2 Å². The minimum absolute atomic E-state index is 0. The fourth-order valence-corrected chi connectivity index (χ4v) is 7.00. The number of aromatic nitrogens is 2. The van der Waals surface area contributed by atoms with Crippen LogP contribution < -0.4 is 4.90 Å². The van der Waals surface area contributed by atoms with Crippen molar-refractivity contribution in [3.8, 4) is 11.3 Å². The molecule has 1 heterocycles. The predicted octanol–water partition coefficient (Wildman–Crippen LogP) is 15.1. The van der Waals surface area contributed by atoms with Crippen LogP contribution in [0.4, 0.5) is 5.69 Å². The maximum absolute atomic E-state index is 13.7. The summed E-state index contributed by atoms with van der Waals surface area (Å²) in [5.41, 5.74) is 8.25. The van der Waals surface area contributed by atoms with Gasteiger partial charge in [-0.1, -0.05) is 153 Å². The van der Waals surface area contributed by atoms with Crippen LogP contribution in [0, 0.1) is 17.8 Å². The first kappa shape index (κ1) is 51.7. The lowest BCUT2D eigenvalue weighted by Crippen LogP contribution is -2.25. The van der Waals surface area contributed by atoms with Crippen molar-refractivity contribution in [1.29, 1.82) is 0 Å². The molecule has 4 heteroatoms. The molecule has 4 rings (SSSR count). The van der Waals surface area contributed by atoms with Gasteiger partial charge in [0.2, 0.25) is 0 Å². The summed E-state index contributed by atoms with van der Waals surface area (Å²) in [7, 11) is 1.96. The second kappa shape index (κ2) is 30.0. The lowest BCUT2D eigenvalue weighted by atomic mass is 9.78. The zero-order valence-corrected chi connectivity index (χ0v) is 34.9. The summed E-state index contributed by atoms with van der Waals surface area (Å²) in [6, 6.07) is 19.8.